The second kappa shape index (κ2) is 6.50. The summed E-state index contributed by atoms with van der Waals surface area (Å²) in [4.78, 5) is 6.64. The third-order valence-electron chi connectivity index (χ3n) is 4.94. The number of fused-ring (bicyclic) bond motifs is 1. The zero-order valence-corrected chi connectivity index (χ0v) is 15.9. The molecule has 27 heavy (non-hydrogen) atoms. The average molecular weight is 386 g/mol. The molecule has 0 spiro atoms. The molecule has 2 aromatic heterocycles. The minimum Gasteiger partial charge on any atom is -0.382 e. The first kappa shape index (κ1) is 17.7. The number of piperidine rings is 1. The van der Waals surface area contributed by atoms with Crippen molar-refractivity contribution in [1.82, 2.24) is 14.6 Å². The van der Waals surface area contributed by atoms with Crippen LogP contribution in [0.3, 0.4) is 0 Å². The van der Waals surface area contributed by atoms with Crippen LogP contribution in [0.1, 0.15) is 12.8 Å². The largest absolute Gasteiger partial charge is 0.382 e. The minimum atomic E-state index is -3.24. The third-order valence-corrected chi connectivity index (χ3v) is 6.07. The molecule has 0 bridgehead atoms. The first-order valence-corrected chi connectivity index (χ1v) is 10.7. The number of benzene rings is 1. The lowest BCUT2D eigenvalue weighted by molar-refractivity contribution is 0.507. The van der Waals surface area contributed by atoms with E-state index in [1.165, 1.54) is 12.6 Å². The van der Waals surface area contributed by atoms with Crippen molar-refractivity contribution in [1.29, 1.82) is 0 Å². The van der Waals surface area contributed by atoms with Crippen molar-refractivity contribution in [3.8, 4) is 11.3 Å². The van der Waals surface area contributed by atoms with Gasteiger partial charge in [-0.2, -0.15) is 5.10 Å². The second-order valence-corrected chi connectivity index (χ2v) is 8.98. The van der Waals surface area contributed by atoms with Crippen molar-refractivity contribution in [2.24, 2.45) is 5.73 Å². The third kappa shape index (κ3) is 3.24. The smallest absolute Gasteiger partial charge is 0.175 e. The lowest BCUT2D eigenvalue weighted by Crippen LogP contribution is -2.42. The highest BCUT2D eigenvalue weighted by Gasteiger charge is 2.23. The summed E-state index contributed by atoms with van der Waals surface area (Å²) in [6.45, 7) is 1.65. The maximum atomic E-state index is 11.7. The van der Waals surface area contributed by atoms with Crippen LogP contribution in [0.4, 0.5) is 11.5 Å². The van der Waals surface area contributed by atoms with Gasteiger partial charge in [0.1, 0.15) is 11.8 Å². The minimum absolute atomic E-state index is 0.122. The van der Waals surface area contributed by atoms with E-state index in [1.54, 1.807) is 28.8 Å². The van der Waals surface area contributed by atoms with Gasteiger partial charge < -0.3 is 16.4 Å². The van der Waals surface area contributed by atoms with Gasteiger partial charge in [0.15, 0.2) is 15.7 Å². The molecule has 0 aliphatic carbocycles. The molecule has 1 aromatic carbocycles. The summed E-state index contributed by atoms with van der Waals surface area (Å²) >= 11 is 0. The topological polar surface area (TPSA) is 120 Å². The summed E-state index contributed by atoms with van der Waals surface area (Å²) in [5, 5.41) is 4.37. The van der Waals surface area contributed by atoms with E-state index in [1.807, 2.05) is 6.07 Å². The number of hydrogen-bond donors (Lipinski definition) is 2. The van der Waals surface area contributed by atoms with Crippen LogP contribution >= 0.6 is 0 Å². The van der Waals surface area contributed by atoms with Crippen molar-refractivity contribution in [3.05, 3.63) is 36.7 Å². The summed E-state index contributed by atoms with van der Waals surface area (Å²) in [6, 6.07) is 8.91. The van der Waals surface area contributed by atoms with Crippen molar-refractivity contribution < 1.29 is 8.42 Å². The lowest BCUT2D eigenvalue weighted by atomic mass is 10.1. The van der Waals surface area contributed by atoms with Crippen LogP contribution < -0.4 is 16.4 Å². The zero-order chi connectivity index (χ0) is 19.2. The van der Waals surface area contributed by atoms with Gasteiger partial charge in [-0.3, -0.25) is 0 Å². The van der Waals surface area contributed by atoms with Crippen molar-refractivity contribution in [3.63, 3.8) is 0 Å². The molecule has 142 valence electrons. The fourth-order valence-electron chi connectivity index (χ4n) is 3.60. The van der Waals surface area contributed by atoms with E-state index in [9.17, 15) is 8.42 Å². The molecular formula is C18H22N6O2S. The van der Waals surface area contributed by atoms with Gasteiger partial charge >= 0.3 is 0 Å². The Kier molecular flexibility index (Phi) is 4.27. The predicted octanol–water partition coefficient (Wildman–Crippen LogP) is 1.31. The fraction of sp³-hybridized carbons (Fsp3) is 0.333. The quantitative estimate of drug-likeness (QED) is 0.696. The van der Waals surface area contributed by atoms with Crippen LogP contribution in [-0.2, 0) is 9.84 Å². The predicted molar refractivity (Wildman–Crippen MR) is 105 cm³/mol. The van der Waals surface area contributed by atoms with E-state index >= 15 is 0 Å². The number of rotatable bonds is 3. The van der Waals surface area contributed by atoms with Gasteiger partial charge in [0.05, 0.1) is 16.3 Å². The molecule has 0 radical (unpaired) electrons. The van der Waals surface area contributed by atoms with E-state index < -0.39 is 9.84 Å². The Morgan fingerprint density at radius 2 is 1.96 bits per heavy atom. The number of nitrogens with two attached hydrogens (primary N) is 2. The molecule has 0 amide bonds. The van der Waals surface area contributed by atoms with Crippen molar-refractivity contribution in [2.45, 2.75) is 23.8 Å². The Morgan fingerprint density at radius 3 is 2.63 bits per heavy atom. The summed E-state index contributed by atoms with van der Waals surface area (Å²) < 4.78 is 25.2. The SMILES string of the molecule is CS(=O)(=O)c1ccc(-c2cc(N3CCC[C@@H](N)C3)c3c(N)ncnn23)cc1. The molecule has 0 saturated carbocycles. The highest BCUT2D eigenvalue weighted by Crippen LogP contribution is 2.35. The standard InChI is InChI=1S/C18H22N6O2S/c1-27(25,26)14-6-4-12(5-7-14)15-9-16(23-8-2-3-13(19)10-23)17-18(20)21-11-22-24(15)17/h4-7,9,11,13H,2-3,8,10,19H2,1H3,(H2,20,21,22)/t13-/m1/s1. The van der Waals surface area contributed by atoms with Gasteiger partial charge in [-0.05, 0) is 31.0 Å². The van der Waals surface area contributed by atoms with E-state index in [4.69, 9.17) is 11.5 Å². The van der Waals surface area contributed by atoms with Crippen LogP contribution in [0, 0.1) is 0 Å². The van der Waals surface area contributed by atoms with E-state index in [-0.39, 0.29) is 10.9 Å². The Bertz CT molecular complexity index is 1090. The highest BCUT2D eigenvalue weighted by molar-refractivity contribution is 7.90. The zero-order valence-electron chi connectivity index (χ0n) is 15.0. The molecule has 1 aliphatic rings. The summed E-state index contributed by atoms with van der Waals surface area (Å²) in [5.74, 6) is 0.401. The monoisotopic (exact) mass is 386 g/mol. The van der Waals surface area contributed by atoms with Crippen LogP contribution in [0.15, 0.2) is 41.6 Å². The Labute approximate surface area is 157 Å². The van der Waals surface area contributed by atoms with Crippen LogP contribution in [0.2, 0.25) is 0 Å². The van der Waals surface area contributed by atoms with Crippen LogP contribution in [0.25, 0.3) is 16.8 Å². The molecule has 1 fully saturated rings. The van der Waals surface area contributed by atoms with E-state index in [0.29, 0.717) is 5.82 Å². The Morgan fingerprint density at radius 1 is 1.22 bits per heavy atom. The van der Waals surface area contributed by atoms with Crippen molar-refractivity contribution >= 4 is 26.9 Å². The van der Waals surface area contributed by atoms with Gasteiger partial charge in [0.25, 0.3) is 0 Å². The first-order chi connectivity index (χ1) is 12.8. The maximum Gasteiger partial charge on any atom is 0.175 e. The van der Waals surface area contributed by atoms with E-state index in [0.717, 1.165) is 48.4 Å². The van der Waals surface area contributed by atoms with Gasteiger partial charge in [0.2, 0.25) is 0 Å². The van der Waals surface area contributed by atoms with Gasteiger partial charge in [0, 0.05) is 31.0 Å². The number of sulfone groups is 1. The number of anilines is 2. The molecule has 4 N–H and O–H groups in total. The molecule has 1 aliphatic heterocycles. The first-order valence-electron chi connectivity index (χ1n) is 8.78. The lowest BCUT2D eigenvalue weighted by Gasteiger charge is -2.32. The highest BCUT2D eigenvalue weighted by atomic mass is 32.2. The normalized spacial score (nSPS) is 18.1. The molecule has 9 heteroatoms. The Hall–Kier alpha value is -2.65. The number of nitrogen functional groups attached to an aromatic ring is 1. The molecule has 1 saturated heterocycles. The van der Waals surface area contributed by atoms with Crippen molar-refractivity contribution in [2.75, 3.05) is 30.0 Å². The molecule has 4 rings (SSSR count). The molecule has 8 nitrogen and oxygen atoms in total. The molecule has 3 aromatic rings. The van der Waals surface area contributed by atoms with Gasteiger partial charge in [-0.25, -0.2) is 17.9 Å². The number of hydrogen-bond acceptors (Lipinski definition) is 7. The second-order valence-electron chi connectivity index (χ2n) is 6.97. The summed E-state index contributed by atoms with van der Waals surface area (Å²) in [5.41, 5.74) is 15.7. The molecule has 0 unspecified atom stereocenters. The fourth-order valence-corrected chi connectivity index (χ4v) is 4.23. The summed E-state index contributed by atoms with van der Waals surface area (Å²) in [6.07, 6.45) is 4.64. The van der Waals surface area contributed by atoms with Gasteiger partial charge in [-0.15, -0.1) is 0 Å². The number of aromatic nitrogens is 3. The summed E-state index contributed by atoms with van der Waals surface area (Å²) in [7, 11) is -3.24. The van der Waals surface area contributed by atoms with E-state index in [2.05, 4.69) is 15.0 Å². The molecular weight excluding hydrogens is 364 g/mol. The number of nitrogens with zero attached hydrogens (tertiary/aromatic N) is 4. The van der Waals surface area contributed by atoms with Crippen LogP contribution in [0.5, 0.6) is 0 Å². The molecule has 3 heterocycles. The van der Waals surface area contributed by atoms with Crippen LogP contribution in [-0.4, -0.2) is 48.4 Å². The van der Waals surface area contributed by atoms with Gasteiger partial charge in [-0.1, -0.05) is 12.1 Å². The average Bonchev–Trinajstić information content (AvgIpc) is 3.02. The Balaban J connectivity index is 1.85. The maximum absolute atomic E-state index is 11.7. The molecule has 1 atom stereocenters.